The summed E-state index contributed by atoms with van der Waals surface area (Å²) < 4.78 is 5.11. The average Bonchev–Trinajstić information content (AvgIpc) is 2.62. The van der Waals surface area contributed by atoms with Gasteiger partial charge in [0.15, 0.2) is 0 Å². The Bertz CT molecular complexity index is 1020. The third kappa shape index (κ3) is 3.20. The van der Waals surface area contributed by atoms with E-state index in [0.717, 1.165) is 0 Å². The lowest BCUT2D eigenvalue weighted by molar-refractivity contribution is 0.0998. The van der Waals surface area contributed by atoms with Crippen molar-refractivity contribution >= 4 is 28.4 Å². The summed E-state index contributed by atoms with van der Waals surface area (Å²) in [5.41, 5.74) is 6.12. The molecule has 0 fully saturated rings. The number of methoxy groups -OCH3 is 1. The smallest absolute Gasteiger partial charge is 0.261 e. The molecule has 3 aromatic rings. The van der Waals surface area contributed by atoms with Gasteiger partial charge >= 0.3 is 0 Å². The maximum absolute atomic E-state index is 12.6. The van der Waals surface area contributed by atoms with Gasteiger partial charge in [-0.3, -0.25) is 14.4 Å². The van der Waals surface area contributed by atoms with Crippen LogP contribution in [0.15, 0.2) is 53.5 Å². The highest BCUT2D eigenvalue weighted by molar-refractivity contribution is 6.06. The third-order valence-electron chi connectivity index (χ3n) is 3.76. The fraction of sp³-hybridized carbons (Fsp3) is 0.0556. The molecule has 0 aliphatic rings. The molecule has 7 heteroatoms. The summed E-state index contributed by atoms with van der Waals surface area (Å²) in [6.07, 6.45) is 1.37. The molecule has 2 amide bonds. The molecule has 0 spiro atoms. The Morgan fingerprint density at radius 2 is 1.84 bits per heavy atom. The molecule has 4 N–H and O–H groups in total. The zero-order chi connectivity index (χ0) is 18.0. The van der Waals surface area contributed by atoms with Crippen molar-refractivity contribution in [1.29, 1.82) is 0 Å². The highest BCUT2D eigenvalue weighted by Gasteiger charge is 2.14. The van der Waals surface area contributed by atoms with E-state index in [4.69, 9.17) is 10.5 Å². The average molecular weight is 337 g/mol. The number of fused-ring (bicyclic) bond motifs is 1. The zero-order valence-electron chi connectivity index (χ0n) is 13.3. The molecule has 1 aromatic heterocycles. The molecule has 25 heavy (non-hydrogen) atoms. The molecule has 126 valence electrons. The molecular formula is C18H15N3O4. The minimum absolute atomic E-state index is 0.0280. The molecule has 1 heterocycles. The Morgan fingerprint density at radius 3 is 2.48 bits per heavy atom. The van der Waals surface area contributed by atoms with Crippen LogP contribution >= 0.6 is 0 Å². The molecule has 0 unspecified atom stereocenters. The lowest BCUT2D eigenvalue weighted by atomic mass is 10.1. The summed E-state index contributed by atoms with van der Waals surface area (Å²) in [7, 11) is 1.50. The van der Waals surface area contributed by atoms with Crippen LogP contribution in [0.5, 0.6) is 5.75 Å². The minimum Gasteiger partial charge on any atom is -0.497 e. The number of pyridine rings is 1. The summed E-state index contributed by atoms with van der Waals surface area (Å²) >= 11 is 0. The molecule has 0 aliphatic heterocycles. The van der Waals surface area contributed by atoms with E-state index in [1.54, 1.807) is 18.2 Å². The molecule has 3 rings (SSSR count). The number of primary amides is 1. The monoisotopic (exact) mass is 337 g/mol. The van der Waals surface area contributed by atoms with Crippen LogP contribution in [0.25, 0.3) is 10.9 Å². The number of aromatic nitrogens is 1. The Balaban J connectivity index is 1.92. The van der Waals surface area contributed by atoms with Crippen LogP contribution in [0.1, 0.15) is 20.7 Å². The van der Waals surface area contributed by atoms with Crippen LogP contribution in [-0.2, 0) is 0 Å². The number of benzene rings is 2. The van der Waals surface area contributed by atoms with Crippen molar-refractivity contribution < 1.29 is 14.3 Å². The summed E-state index contributed by atoms with van der Waals surface area (Å²) in [5, 5.41) is 2.97. The molecule has 0 bridgehead atoms. The second-order valence-electron chi connectivity index (χ2n) is 5.34. The molecule has 0 atom stereocenters. The van der Waals surface area contributed by atoms with E-state index in [-0.39, 0.29) is 5.56 Å². The van der Waals surface area contributed by atoms with Crippen molar-refractivity contribution in [3.05, 3.63) is 70.0 Å². The Labute approximate surface area is 142 Å². The van der Waals surface area contributed by atoms with Crippen LogP contribution in [0.4, 0.5) is 5.69 Å². The van der Waals surface area contributed by atoms with E-state index >= 15 is 0 Å². The van der Waals surface area contributed by atoms with E-state index in [1.807, 2.05) is 0 Å². The van der Waals surface area contributed by atoms with Gasteiger partial charge in [0.25, 0.3) is 5.91 Å². The van der Waals surface area contributed by atoms with Gasteiger partial charge in [-0.25, -0.2) is 0 Å². The first-order valence-corrected chi connectivity index (χ1v) is 7.40. The molecule has 0 radical (unpaired) electrons. The number of ether oxygens (including phenoxy) is 1. The fourth-order valence-electron chi connectivity index (χ4n) is 2.41. The van der Waals surface area contributed by atoms with Gasteiger partial charge in [-0.15, -0.1) is 0 Å². The Morgan fingerprint density at radius 1 is 1.12 bits per heavy atom. The quantitative estimate of drug-likeness (QED) is 0.674. The van der Waals surface area contributed by atoms with Crippen molar-refractivity contribution in [2.75, 3.05) is 12.4 Å². The zero-order valence-corrected chi connectivity index (χ0v) is 13.3. The van der Waals surface area contributed by atoms with Gasteiger partial charge < -0.3 is 20.8 Å². The van der Waals surface area contributed by atoms with Crippen LogP contribution in [-0.4, -0.2) is 23.9 Å². The lowest BCUT2D eigenvalue weighted by Crippen LogP contribution is -2.22. The van der Waals surface area contributed by atoms with Crippen LogP contribution in [0.2, 0.25) is 0 Å². The van der Waals surface area contributed by atoms with Crippen molar-refractivity contribution in [1.82, 2.24) is 4.98 Å². The number of carbonyl (C=O) groups excluding carboxylic acids is 2. The summed E-state index contributed by atoms with van der Waals surface area (Å²) in [5.74, 6) is -0.590. The number of carbonyl (C=O) groups is 2. The summed E-state index contributed by atoms with van der Waals surface area (Å²) in [4.78, 5) is 39.0. The maximum atomic E-state index is 12.6. The van der Waals surface area contributed by atoms with E-state index in [9.17, 15) is 14.4 Å². The SMILES string of the molecule is COc1ccc2[nH]cc(C(=O)Nc3ccc(C(N)=O)cc3)c(=O)c2c1. The molecule has 0 aliphatic carbocycles. The van der Waals surface area contributed by atoms with Crippen molar-refractivity contribution in [3.63, 3.8) is 0 Å². The normalized spacial score (nSPS) is 10.4. The van der Waals surface area contributed by atoms with Gasteiger partial charge in [0.1, 0.15) is 11.3 Å². The van der Waals surface area contributed by atoms with Crippen molar-refractivity contribution in [3.8, 4) is 5.75 Å². The second-order valence-corrected chi connectivity index (χ2v) is 5.34. The van der Waals surface area contributed by atoms with E-state index in [0.29, 0.717) is 27.9 Å². The van der Waals surface area contributed by atoms with E-state index in [1.165, 1.54) is 37.6 Å². The number of hydrogen-bond donors (Lipinski definition) is 3. The highest BCUT2D eigenvalue weighted by Crippen LogP contribution is 2.17. The van der Waals surface area contributed by atoms with Crippen LogP contribution < -0.4 is 21.2 Å². The number of amides is 2. The van der Waals surface area contributed by atoms with Crippen LogP contribution in [0.3, 0.4) is 0 Å². The number of hydrogen-bond acceptors (Lipinski definition) is 4. The Hall–Kier alpha value is -3.61. The maximum Gasteiger partial charge on any atom is 0.261 e. The molecule has 0 saturated carbocycles. The van der Waals surface area contributed by atoms with Gasteiger partial charge in [0, 0.05) is 28.4 Å². The Kier molecular flexibility index (Phi) is 4.21. The van der Waals surface area contributed by atoms with Gasteiger partial charge in [0.2, 0.25) is 11.3 Å². The molecule has 7 nitrogen and oxygen atoms in total. The second kappa shape index (κ2) is 6.48. The first kappa shape index (κ1) is 16.3. The predicted octanol–water partition coefficient (Wildman–Crippen LogP) is 1.89. The molecule has 2 aromatic carbocycles. The number of H-pyrrole nitrogens is 1. The van der Waals surface area contributed by atoms with E-state index < -0.39 is 17.2 Å². The topological polar surface area (TPSA) is 114 Å². The number of nitrogens with one attached hydrogen (secondary N) is 2. The van der Waals surface area contributed by atoms with Crippen LogP contribution in [0, 0.1) is 0 Å². The number of anilines is 1. The molecular weight excluding hydrogens is 322 g/mol. The molecule has 0 saturated heterocycles. The van der Waals surface area contributed by atoms with Crippen molar-refractivity contribution in [2.45, 2.75) is 0 Å². The minimum atomic E-state index is -0.558. The van der Waals surface area contributed by atoms with Gasteiger partial charge in [0.05, 0.1) is 7.11 Å². The van der Waals surface area contributed by atoms with Gasteiger partial charge in [-0.1, -0.05) is 0 Å². The number of rotatable bonds is 4. The number of nitrogens with two attached hydrogens (primary N) is 1. The van der Waals surface area contributed by atoms with Crippen molar-refractivity contribution in [2.24, 2.45) is 5.73 Å². The largest absolute Gasteiger partial charge is 0.497 e. The fourth-order valence-corrected chi connectivity index (χ4v) is 2.41. The summed E-state index contributed by atoms with van der Waals surface area (Å²) in [6.45, 7) is 0. The highest BCUT2D eigenvalue weighted by atomic mass is 16.5. The van der Waals surface area contributed by atoms with Gasteiger partial charge in [-0.05, 0) is 42.5 Å². The predicted molar refractivity (Wildman–Crippen MR) is 94.0 cm³/mol. The third-order valence-corrected chi connectivity index (χ3v) is 3.76. The summed E-state index contributed by atoms with van der Waals surface area (Å²) in [6, 6.07) is 11.1. The first-order valence-electron chi connectivity index (χ1n) is 7.40. The standard InChI is InChI=1S/C18H15N3O4/c1-25-12-6-7-15-13(8-12)16(22)14(9-20-15)18(24)21-11-4-2-10(3-5-11)17(19)23/h2-9H,1H3,(H2,19,23)(H,20,22)(H,21,24). The van der Waals surface area contributed by atoms with Gasteiger partial charge in [-0.2, -0.15) is 0 Å². The first-order chi connectivity index (χ1) is 12.0. The lowest BCUT2D eigenvalue weighted by Gasteiger charge is -2.07. The van der Waals surface area contributed by atoms with E-state index in [2.05, 4.69) is 10.3 Å². The number of aromatic amines is 1.